The van der Waals surface area contributed by atoms with Gasteiger partial charge in [0, 0.05) is 30.0 Å². The minimum atomic E-state index is -3.64. The molecular weight excluding hydrogens is 420 g/mol. The number of carboxylic acids is 1. The van der Waals surface area contributed by atoms with Gasteiger partial charge in [-0.25, -0.2) is 13.1 Å². The number of hydrogen-bond acceptors (Lipinski definition) is 5. The molecule has 0 aromatic heterocycles. The van der Waals surface area contributed by atoms with E-state index in [4.69, 9.17) is 5.11 Å². The van der Waals surface area contributed by atoms with Crippen molar-refractivity contribution < 1.29 is 23.2 Å². The average Bonchev–Trinajstić information content (AvgIpc) is 2.72. The Bertz CT molecular complexity index is 955. The van der Waals surface area contributed by atoms with E-state index in [0.717, 1.165) is 31.1 Å². The molecular formula is C22H28N2O6S. The maximum atomic E-state index is 12.6. The van der Waals surface area contributed by atoms with Crippen LogP contribution in [0.2, 0.25) is 0 Å². The average molecular weight is 449 g/mol. The second kappa shape index (κ2) is 10.2. The van der Waals surface area contributed by atoms with Crippen molar-refractivity contribution in [1.82, 2.24) is 4.72 Å². The Labute approximate surface area is 182 Å². The van der Waals surface area contributed by atoms with Gasteiger partial charge in [-0.15, -0.1) is 0 Å². The van der Waals surface area contributed by atoms with Gasteiger partial charge in [0.2, 0.25) is 10.0 Å². The summed E-state index contributed by atoms with van der Waals surface area (Å²) in [5, 5.41) is 20.6. The molecule has 3 fully saturated rings. The number of nitrogens with zero attached hydrogens (tertiary/aromatic N) is 1. The smallest absolute Gasteiger partial charge is 0.303 e. The van der Waals surface area contributed by atoms with Crippen LogP contribution in [0.25, 0.3) is 6.08 Å². The first-order valence-electron chi connectivity index (χ1n) is 10.6. The molecule has 3 aliphatic rings. The van der Waals surface area contributed by atoms with Crippen LogP contribution in [-0.4, -0.2) is 30.5 Å². The normalized spacial score (nSPS) is 25.9. The predicted octanol–water partition coefficient (Wildman–Crippen LogP) is 4.10. The Morgan fingerprint density at radius 1 is 1.23 bits per heavy atom. The molecule has 0 spiro atoms. The summed E-state index contributed by atoms with van der Waals surface area (Å²) >= 11 is 0. The number of hydrogen-bond donors (Lipinski definition) is 2. The number of nitro benzene ring substituents is 1. The molecule has 4 atom stereocenters. The summed E-state index contributed by atoms with van der Waals surface area (Å²) < 4.78 is 28.1. The van der Waals surface area contributed by atoms with Gasteiger partial charge < -0.3 is 5.11 Å². The number of rotatable bonds is 10. The van der Waals surface area contributed by atoms with Crippen molar-refractivity contribution in [2.24, 2.45) is 17.8 Å². The molecule has 4 rings (SSSR count). The van der Waals surface area contributed by atoms with Crippen molar-refractivity contribution in [3.05, 3.63) is 57.5 Å². The van der Waals surface area contributed by atoms with Crippen molar-refractivity contribution in [2.45, 2.75) is 51.0 Å². The van der Waals surface area contributed by atoms with Crippen LogP contribution >= 0.6 is 0 Å². The highest BCUT2D eigenvalue weighted by atomic mass is 32.2. The number of nitrogens with one attached hydrogen (secondary N) is 1. The molecule has 0 heterocycles. The van der Waals surface area contributed by atoms with Crippen molar-refractivity contribution >= 4 is 27.8 Å². The summed E-state index contributed by atoms with van der Waals surface area (Å²) in [6, 6.07) is 5.59. The van der Waals surface area contributed by atoms with Crippen LogP contribution < -0.4 is 4.72 Å². The molecule has 1 aromatic rings. The van der Waals surface area contributed by atoms with Gasteiger partial charge in [0.25, 0.3) is 5.69 Å². The van der Waals surface area contributed by atoms with Crippen molar-refractivity contribution in [2.75, 3.05) is 0 Å². The second-order valence-corrected chi connectivity index (χ2v) is 9.98. The van der Waals surface area contributed by atoms with E-state index in [0.29, 0.717) is 30.2 Å². The first-order chi connectivity index (χ1) is 14.7. The lowest BCUT2D eigenvalue weighted by Gasteiger charge is -2.46. The van der Waals surface area contributed by atoms with E-state index in [1.54, 1.807) is 0 Å². The molecule has 1 aromatic carbocycles. The Morgan fingerprint density at radius 3 is 2.61 bits per heavy atom. The molecule has 9 heteroatoms. The molecule has 0 radical (unpaired) electrons. The molecule has 2 bridgehead atoms. The number of nitro groups is 1. The standard InChI is InChI=1S/C22H28N2O6S/c25-22(26)5-3-1-2-4-18-14-17-8-11-20(18)21(15-17)23-31(29,30)13-12-16-6-9-19(10-7-16)24(27)28/h2,4,6-7,9-10,12-13,17-18,20-21,23H,1,3,5,8,11,14-15H2,(H,25,26). The highest BCUT2D eigenvalue weighted by molar-refractivity contribution is 7.92. The van der Waals surface area contributed by atoms with Crippen molar-refractivity contribution in [3.8, 4) is 0 Å². The van der Waals surface area contributed by atoms with Crippen LogP contribution in [0, 0.1) is 27.9 Å². The van der Waals surface area contributed by atoms with E-state index < -0.39 is 20.9 Å². The van der Waals surface area contributed by atoms with Crippen LogP contribution in [0.3, 0.4) is 0 Å². The molecule has 3 saturated carbocycles. The molecule has 0 aliphatic heterocycles. The van der Waals surface area contributed by atoms with Gasteiger partial charge in [-0.3, -0.25) is 14.9 Å². The van der Waals surface area contributed by atoms with Crippen LogP contribution in [0.4, 0.5) is 5.69 Å². The largest absolute Gasteiger partial charge is 0.481 e. The second-order valence-electron chi connectivity index (χ2n) is 8.38. The summed E-state index contributed by atoms with van der Waals surface area (Å²) in [6.07, 6.45) is 11.1. The van der Waals surface area contributed by atoms with Crippen LogP contribution in [0.5, 0.6) is 0 Å². The fraction of sp³-hybridized carbons (Fsp3) is 0.500. The van der Waals surface area contributed by atoms with E-state index in [9.17, 15) is 23.3 Å². The highest BCUT2D eigenvalue weighted by Gasteiger charge is 2.42. The zero-order chi connectivity index (χ0) is 22.4. The number of aliphatic carboxylic acids is 1. The molecule has 2 N–H and O–H groups in total. The predicted molar refractivity (Wildman–Crippen MR) is 118 cm³/mol. The van der Waals surface area contributed by atoms with Gasteiger partial charge in [-0.05, 0) is 73.6 Å². The van der Waals surface area contributed by atoms with Gasteiger partial charge in [-0.2, -0.15) is 0 Å². The van der Waals surface area contributed by atoms with E-state index in [-0.39, 0.29) is 24.1 Å². The van der Waals surface area contributed by atoms with Crippen molar-refractivity contribution in [3.63, 3.8) is 0 Å². The third-order valence-electron chi connectivity index (χ3n) is 6.17. The summed E-state index contributed by atoms with van der Waals surface area (Å²) in [4.78, 5) is 20.8. The lowest BCUT2D eigenvalue weighted by Crippen LogP contribution is -2.49. The molecule has 168 valence electrons. The lowest BCUT2D eigenvalue weighted by molar-refractivity contribution is -0.384. The van der Waals surface area contributed by atoms with Crippen LogP contribution in [0.15, 0.2) is 41.8 Å². The summed E-state index contributed by atoms with van der Waals surface area (Å²) in [5.41, 5.74) is 0.529. The van der Waals surface area contributed by atoms with Gasteiger partial charge in [0.05, 0.1) is 4.92 Å². The monoisotopic (exact) mass is 448 g/mol. The SMILES string of the molecule is O=C(O)CCCC=CC1CC2CCC1C(NS(=O)(=O)C=Cc1ccc([N+](=O)[O-])cc1)C2. The van der Waals surface area contributed by atoms with E-state index in [1.807, 2.05) is 6.08 Å². The first kappa shape index (κ1) is 23.1. The highest BCUT2D eigenvalue weighted by Crippen LogP contribution is 2.46. The van der Waals surface area contributed by atoms with Gasteiger partial charge >= 0.3 is 5.97 Å². The zero-order valence-electron chi connectivity index (χ0n) is 17.2. The summed E-state index contributed by atoms with van der Waals surface area (Å²) in [6.45, 7) is 0. The van der Waals surface area contributed by atoms with E-state index in [1.165, 1.54) is 30.3 Å². The third kappa shape index (κ3) is 6.73. The Morgan fingerprint density at radius 2 is 1.97 bits per heavy atom. The molecule has 0 saturated heterocycles. The van der Waals surface area contributed by atoms with Crippen molar-refractivity contribution in [1.29, 1.82) is 0 Å². The molecule has 3 aliphatic carbocycles. The lowest BCUT2D eigenvalue weighted by atomic mass is 9.62. The van der Waals surface area contributed by atoms with Gasteiger partial charge in [-0.1, -0.05) is 18.6 Å². The Hall–Kier alpha value is -2.52. The summed E-state index contributed by atoms with van der Waals surface area (Å²) in [5.74, 6) is 0.248. The third-order valence-corrected chi connectivity index (χ3v) is 7.30. The fourth-order valence-electron chi connectivity index (χ4n) is 4.69. The topological polar surface area (TPSA) is 127 Å². The molecule has 8 nitrogen and oxygen atoms in total. The van der Waals surface area contributed by atoms with E-state index >= 15 is 0 Å². The number of fused-ring (bicyclic) bond motifs is 3. The van der Waals surface area contributed by atoms with E-state index in [2.05, 4.69) is 10.8 Å². The fourth-order valence-corrected chi connectivity index (χ4v) is 5.80. The summed E-state index contributed by atoms with van der Waals surface area (Å²) in [7, 11) is -3.64. The number of benzene rings is 1. The Balaban J connectivity index is 1.59. The first-order valence-corrected chi connectivity index (χ1v) is 12.1. The molecule has 0 amide bonds. The van der Waals surface area contributed by atoms with Crippen LogP contribution in [0.1, 0.15) is 50.5 Å². The van der Waals surface area contributed by atoms with Gasteiger partial charge in [0.15, 0.2) is 0 Å². The number of allylic oxidation sites excluding steroid dienone is 2. The molecule has 31 heavy (non-hydrogen) atoms. The molecule has 4 unspecified atom stereocenters. The quantitative estimate of drug-likeness (QED) is 0.240. The van der Waals surface area contributed by atoms with Gasteiger partial charge in [0.1, 0.15) is 0 Å². The Kier molecular flexibility index (Phi) is 7.61. The maximum Gasteiger partial charge on any atom is 0.303 e. The minimum absolute atomic E-state index is 0.0431. The number of unbranched alkanes of at least 4 members (excludes halogenated alkanes) is 1. The maximum absolute atomic E-state index is 12.6. The van der Waals surface area contributed by atoms with Crippen LogP contribution in [-0.2, 0) is 14.8 Å². The number of sulfonamides is 1. The minimum Gasteiger partial charge on any atom is -0.481 e. The number of non-ortho nitro benzene ring substituents is 1. The zero-order valence-corrected chi connectivity index (χ0v) is 18.0. The number of carboxylic acid groups (broad SMARTS) is 1. The number of carbonyl (C=O) groups is 1.